The van der Waals surface area contributed by atoms with Gasteiger partial charge in [0, 0.05) is 35.4 Å². The van der Waals surface area contributed by atoms with E-state index in [4.69, 9.17) is 0 Å². The van der Waals surface area contributed by atoms with Crippen LogP contribution in [0.4, 0.5) is 10.2 Å². The molecule has 0 aliphatic carbocycles. The summed E-state index contributed by atoms with van der Waals surface area (Å²) in [5.41, 5.74) is 0. The van der Waals surface area contributed by atoms with Crippen LogP contribution in [0.3, 0.4) is 0 Å². The summed E-state index contributed by atoms with van der Waals surface area (Å²) in [5.74, 6) is 0.543. The van der Waals surface area contributed by atoms with E-state index in [0.717, 1.165) is 12.7 Å². The van der Waals surface area contributed by atoms with E-state index in [2.05, 4.69) is 15.3 Å². The van der Waals surface area contributed by atoms with Gasteiger partial charge in [0.1, 0.15) is 12.1 Å². The fraction of sp³-hybridized carbons (Fsp3) is 0.500. The minimum atomic E-state index is -0.775. The van der Waals surface area contributed by atoms with Crippen molar-refractivity contribution in [1.29, 1.82) is 0 Å². The molecule has 6 heteroatoms. The van der Waals surface area contributed by atoms with Gasteiger partial charge in [-0.2, -0.15) is 4.39 Å². The van der Waals surface area contributed by atoms with Crippen LogP contribution in [0.1, 0.15) is 6.42 Å². The summed E-state index contributed by atoms with van der Waals surface area (Å²) in [6.45, 7) is 0.635. The summed E-state index contributed by atoms with van der Waals surface area (Å²) in [5, 5.41) is 2.92. The van der Waals surface area contributed by atoms with Gasteiger partial charge in [0.05, 0.1) is 0 Å². The second-order valence-electron chi connectivity index (χ2n) is 2.78. The molecule has 4 nitrogen and oxygen atoms in total. The molecule has 1 N–H and O–H groups in total. The number of anilines is 1. The number of hydrogen-bond acceptors (Lipinski definition) is 4. The van der Waals surface area contributed by atoms with E-state index in [0.29, 0.717) is 18.1 Å². The Morgan fingerprint density at radius 3 is 3.00 bits per heavy atom. The lowest BCUT2D eigenvalue weighted by Gasteiger charge is -2.03. The van der Waals surface area contributed by atoms with Crippen molar-refractivity contribution in [3.05, 3.63) is 18.3 Å². The van der Waals surface area contributed by atoms with Crippen molar-refractivity contribution >= 4 is 16.6 Å². The van der Waals surface area contributed by atoms with Crippen LogP contribution in [0.25, 0.3) is 0 Å². The molecule has 0 aliphatic heterocycles. The van der Waals surface area contributed by atoms with E-state index in [1.165, 1.54) is 6.07 Å². The van der Waals surface area contributed by atoms with Gasteiger partial charge in [-0.15, -0.1) is 0 Å². The Bertz CT molecular complexity index is 321. The minimum absolute atomic E-state index is 0.458. The Kier molecular flexibility index (Phi) is 4.45. The molecule has 14 heavy (non-hydrogen) atoms. The Labute approximate surface area is 84.4 Å². The highest BCUT2D eigenvalue weighted by Crippen LogP contribution is 2.01. The monoisotopic (exact) mass is 217 g/mol. The van der Waals surface area contributed by atoms with Crippen molar-refractivity contribution < 1.29 is 8.60 Å². The predicted octanol–water partition coefficient (Wildman–Crippen LogP) is 0.796. The molecular weight excluding hydrogens is 205 g/mol. The maximum absolute atomic E-state index is 12.6. The second kappa shape index (κ2) is 5.64. The fourth-order valence-corrected chi connectivity index (χ4v) is 1.47. The van der Waals surface area contributed by atoms with E-state index in [1.54, 1.807) is 6.26 Å². The normalized spacial score (nSPS) is 12.4. The third kappa shape index (κ3) is 4.27. The van der Waals surface area contributed by atoms with Crippen molar-refractivity contribution in [3.63, 3.8) is 0 Å². The Hall–Kier alpha value is -1.04. The topological polar surface area (TPSA) is 54.9 Å². The van der Waals surface area contributed by atoms with Gasteiger partial charge >= 0.3 is 0 Å². The lowest BCUT2D eigenvalue weighted by Crippen LogP contribution is -2.07. The van der Waals surface area contributed by atoms with Gasteiger partial charge in [-0.25, -0.2) is 9.97 Å². The van der Waals surface area contributed by atoms with Crippen LogP contribution in [-0.4, -0.2) is 32.7 Å². The fourth-order valence-electron chi connectivity index (χ4n) is 0.922. The highest BCUT2D eigenvalue weighted by Gasteiger charge is 1.96. The molecule has 0 aliphatic rings. The zero-order chi connectivity index (χ0) is 10.4. The highest BCUT2D eigenvalue weighted by atomic mass is 32.2. The molecule has 0 fully saturated rings. The molecule has 1 rings (SSSR count). The van der Waals surface area contributed by atoms with Gasteiger partial charge in [0.2, 0.25) is 5.95 Å². The van der Waals surface area contributed by atoms with Crippen molar-refractivity contribution in [1.82, 2.24) is 9.97 Å². The number of rotatable bonds is 5. The molecule has 0 aromatic carbocycles. The molecule has 1 aromatic heterocycles. The van der Waals surface area contributed by atoms with Gasteiger partial charge < -0.3 is 5.32 Å². The van der Waals surface area contributed by atoms with Gasteiger partial charge in [-0.05, 0) is 6.42 Å². The van der Waals surface area contributed by atoms with Crippen molar-refractivity contribution in [3.8, 4) is 0 Å². The Morgan fingerprint density at radius 2 is 2.36 bits per heavy atom. The molecule has 0 saturated carbocycles. The molecule has 1 aromatic rings. The largest absolute Gasteiger partial charge is 0.370 e. The Morgan fingerprint density at radius 1 is 1.57 bits per heavy atom. The third-order valence-electron chi connectivity index (χ3n) is 1.55. The van der Waals surface area contributed by atoms with E-state index in [1.807, 2.05) is 0 Å². The molecule has 0 spiro atoms. The number of aromatic nitrogens is 2. The molecule has 1 heterocycles. The molecule has 0 bridgehead atoms. The summed E-state index contributed by atoms with van der Waals surface area (Å²) < 4.78 is 23.3. The van der Waals surface area contributed by atoms with E-state index < -0.39 is 16.7 Å². The van der Waals surface area contributed by atoms with Gasteiger partial charge in [-0.1, -0.05) is 0 Å². The first-order chi connectivity index (χ1) is 6.68. The smallest absolute Gasteiger partial charge is 0.217 e. The van der Waals surface area contributed by atoms with E-state index in [-0.39, 0.29) is 0 Å². The maximum atomic E-state index is 12.6. The number of halogens is 1. The average Bonchev–Trinajstić information content (AvgIpc) is 2.12. The summed E-state index contributed by atoms with van der Waals surface area (Å²) >= 11 is 0. The highest BCUT2D eigenvalue weighted by molar-refractivity contribution is 7.84. The molecule has 0 saturated heterocycles. The minimum Gasteiger partial charge on any atom is -0.370 e. The van der Waals surface area contributed by atoms with E-state index >= 15 is 0 Å². The van der Waals surface area contributed by atoms with Crippen LogP contribution >= 0.6 is 0 Å². The second-order valence-corrected chi connectivity index (χ2v) is 4.34. The quantitative estimate of drug-likeness (QED) is 0.585. The lowest BCUT2D eigenvalue weighted by atomic mass is 10.4. The third-order valence-corrected chi connectivity index (χ3v) is 2.41. The van der Waals surface area contributed by atoms with Crippen LogP contribution in [0.15, 0.2) is 12.4 Å². The van der Waals surface area contributed by atoms with Gasteiger partial charge in [0.15, 0.2) is 0 Å². The molecular formula is C8H12FN3OS. The average molecular weight is 217 g/mol. The summed E-state index contributed by atoms with van der Waals surface area (Å²) in [7, 11) is -0.775. The van der Waals surface area contributed by atoms with Crippen molar-refractivity contribution in [2.75, 3.05) is 23.9 Å². The van der Waals surface area contributed by atoms with Gasteiger partial charge in [0.25, 0.3) is 0 Å². The van der Waals surface area contributed by atoms with Crippen molar-refractivity contribution in [2.45, 2.75) is 6.42 Å². The molecule has 0 radical (unpaired) electrons. The predicted molar refractivity (Wildman–Crippen MR) is 54.0 cm³/mol. The molecule has 78 valence electrons. The van der Waals surface area contributed by atoms with E-state index in [9.17, 15) is 8.60 Å². The van der Waals surface area contributed by atoms with Crippen LogP contribution in [-0.2, 0) is 10.8 Å². The summed E-state index contributed by atoms with van der Waals surface area (Å²) in [4.78, 5) is 7.15. The first kappa shape index (κ1) is 11.0. The van der Waals surface area contributed by atoms with Crippen LogP contribution in [0.5, 0.6) is 0 Å². The lowest BCUT2D eigenvalue weighted by molar-refractivity contribution is 0.580. The first-order valence-electron chi connectivity index (χ1n) is 4.20. The van der Waals surface area contributed by atoms with Crippen molar-refractivity contribution in [2.24, 2.45) is 0 Å². The summed E-state index contributed by atoms with van der Waals surface area (Å²) in [6, 6.07) is 1.23. The zero-order valence-corrected chi connectivity index (χ0v) is 8.68. The number of hydrogen-bond donors (Lipinski definition) is 1. The summed E-state index contributed by atoms with van der Waals surface area (Å²) in [6.07, 6.45) is 3.59. The maximum Gasteiger partial charge on any atom is 0.217 e. The molecule has 1 unspecified atom stereocenters. The molecule has 0 amide bonds. The number of nitrogens with zero attached hydrogens (tertiary/aromatic N) is 2. The number of nitrogens with one attached hydrogen (secondary N) is 1. The first-order valence-corrected chi connectivity index (χ1v) is 5.92. The molecule has 1 atom stereocenters. The Balaban J connectivity index is 2.28. The van der Waals surface area contributed by atoms with Crippen LogP contribution in [0, 0.1) is 5.95 Å². The van der Waals surface area contributed by atoms with Gasteiger partial charge in [-0.3, -0.25) is 4.21 Å². The SMILES string of the molecule is CS(=O)CCCNc1cc(F)ncn1. The standard InChI is InChI=1S/C8H12FN3OS/c1-14(13)4-2-3-10-8-5-7(9)11-6-12-8/h5-6H,2-4H2,1H3,(H,10,11,12). The zero-order valence-electron chi connectivity index (χ0n) is 7.86. The van der Waals surface area contributed by atoms with Crippen LogP contribution < -0.4 is 5.32 Å². The van der Waals surface area contributed by atoms with Crippen LogP contribution in [0.2, 0.25) is 0 Å².